The Morgan fingerprint density at radius 1 is 1.24 bits per heavy atom. The third kappa shape index (κ3) is 5.57. The van der Waals surface area contributed by atoms with Gasteiger partial charge in [-0.25, -0.2) is 9.82 Å². The van der Waals surface area contributed by atoms with Gasteiger partial charge in [0.15, 0.2) is 6.61 Å². The van der Waals surface area contributed by atoms with Crippen molar-refractivity contribution in [1.29, 1.82) is 0 Å². The largest absolute Gasteiger partial charge is 0.484 e. The van der Waals surface area contributed by atoms with Crippen molar-refractivity contribution in [2.75, 3.05) is 6.61 Å². The lowest BCUT2D eigenvalue weighted by Crippen LogP contribution is -2.24. The van der Waals surface area contributed by atoms with Gasteiger partial charge in [0.1, 0.15) is 11.6 Å². The number of benzene rings is 2. The first-order chi connectivity index (χ1) is 11.8. The zero-order chi connectivity index (χ0) is 18.4. The van der Waals surface area contributed by atoms with E-state index < -0.39 is 11.7 Å². The van der Waals surface area contributed by atoms with Gasteiger partial charge in [-0.3, -0.25) is 4.79 Å². The minimum absolute atomic E-state index is 0.0542. The van der Waals surface area contributed by atoms with Crippen LogP contribution in [-0.4, -0.2) is 18.7 Å². The molecule has 1 amide bonds. The molecule has 4 nitrogen and oxygen atoms in total. The van der Waals surface area contributed by atoms with E-state index >= 15 is 0 Å². The van der Waals surface area contributed by atoms with Crippen LogP contribution in [0.1, 0.15) is 31.9 Å². The number of rotatable bonds is 5. The third-order valence-corrected chi connectivity index (χ3v) is 3.80. The average molecular weight is 363 g/mol. The highest BCUT2D eigenvalue weighted by Gasteiger charge is 2.13. The quantitative estimate of drug-likeness (QED) is 0.636. The minimum atomic E-state index is -0.513. The summed E-state index contributed by atoms with van der Waals surface area (Å²) in [6, 6.07) is 11.9. The number of amides is 1. The maximum absolute atomic E-state index is 13.5. The molecule has 6 heteroatoms. The fourth-order valence-electron chi connectivity index (χ4n) is 2.04. The van der Waals surface area contributed by atoms with E-state index in [1.807, 2.05) is 24.3 Å². The Hall–Kier alpha value is -2.40. The van der Waals surface area contributed by atoms with Gasteiger partial charge >= 0.3 is 0 Å². The van der Waals surface area contributed by atoms with Crippen LogP contribution in [0.15, 0.2) is 47.6 Å². The summed E-state index contributed by atoms with van der Waals surface area (Å²) in [5.41, 5.74) is 3.62. The van der Waals surface area contributed by atoms with Crippen LogP contribution in [0.25, 0.3) is 0 Å². The number of nitrogens with zero attached hydrogens (tertiary/aromatic N) is 1. The predicted molar refractivity (Wildman–Crippen MR) is 97.8 cm³/mol. The molecule has 0 radical (unpaired) electrons. The molecule has 0 aromatic heterocycles. The van der Waals surface area contributed by atoms with Gasteiger partial charge in [-0.05, 0) is 35.2 Å². The molecule has 0 bridgehead atoms. The molecule has 25 heavy (non-hydrogen) atoms. The SMILES string of the molecule is CC(C)(C)c1ccc(OCC(=O)N/N=C\c2c(F)cccc2Cl)cc1. The van der Waals surface area contributed by atoms with Gasteiger partial charge in [0.2, 0.25) is 0 Å². The number of nitrogens with one attached hydrogen (secondary N) is 1. The standard InChI is InChI=1S/C19H20ClFN2O2/c1-19(2,3)13-7-9-14(10-8-13)25-12-18(24)23-22-11-15-16(20)5-4-6-17(15)21/h4-11H,12H2,1-3H3,(H,23,24)/b22-11-. The Labute approximate surface area is 151 Å². The van der Waals surface area contributed by atoms with Crippen molar-refractivity contribution < 1.29 is 13.9 Å². The number of halogens is 2. The van der Waals surface area contributed by atoms with Crippen molar-refractivity contribution in [2.45, 2.75) is 26.2 Å². The summed E-state index contributed by atoms with van der Waals surface area (Å²) in [7, 11) is 0. The predicted octanol–water partition coefficient (Wildman–Crippen LogP) is 4.31. The Balaban J connectivity index is 1.86. The summed E-state index contributed by atoms with van der Waals surface area (Å²) in [5.74, 6) is -0.381. The smallest absolute Gasteiger partial charge is 0.277 e. The lowest BCUT2D eigenvalue weighted by atomic mass is 9.87. The van der Waals surface area contributed by atoms with E-state index in [9.17, 15) is 9.18 Å². The highest BCUT2D eigenvalue weighted by Crippen LogP contribution is 2.24. The Bertz CT molecular complexity index is 748. The first-order valence-corrected chi connectivity index (χ1v) is 8.14. The van der Waals surface area contributed by atoms with Gasteiger partial charge in [0.25, 0.3) is 5.91 Å². The monoisotopic (exact) mass is 362 g/mol. The van der Waals surface area contributed by atoms with E-state index in [-0.39, 0.29) is 22.6 Å². The van der Waals surface area contributed by atoms with E-state index in [0.717, 1.165) is 6.21 Å². The van der Waals surface area contributed by atoms with Crippen molar-refractivity contribution in [3.8, 4) is 5.75 Å². The fourth-order valence-corrected chi connectivity index (χ4v) is 2.25. The summed E-state index contributed by atoms with van der Waals surface area (Å²) in [6.45, 7) is 6.17. The maximum Gasteiger partial charge on any atom is 0.277 e. The van der Waals surface area contributed by atoms with Crippen molar-refractivity contribution in [3.05, 3.63) is 64.4 Å². The number of hydrazone groups is 1. The second-order valence-corrected chi connectivity index (χ2v) is 6.90. The second kappa shape index (κ2) is 8.12. The molecule has 0 saturated heterocycles. The number of carbonyl (C=O) groups excluding carboxylic acids is 1. The molecule has 2 aromatic rings. The van der Waals surface area contributed by atoms with E-state index in [2.05, 4.69) is 31.3 Å². The van der Waals surface area contributed by atoms with Crippen LogP contribution < -0.4 is 10.2 Å². The zero-order valence-electron chi connectivity index (χ0n) is 14.3. The molecule has 132 valence electrons. The highest BCUT2D eigenvalue weighted by atomic mass is 35.5. The third-order valence-electron chi connectivity index (χ3n) is 3.47. The molecule has 0 aliphatic heterocycles. The van der Waals surface area contributed by atoms with Crippen LogP contribution in [0, 0.1) is 5.82 Å². The Morgan fingerprint density at radius 3 is 2.52 bits per heavy atom. The number of hydrogen-bond acceptors (Lipinski definition) is 3. The molecular formula is C19H20ClFN2O2. The van der Waals surface area contributed by atoms with Gasteiger partial charge in [-0.2, -0.15) is 5.10 Å². The van der Waals surface area contributed by atoms with Crippen molar-refractivity contribution in [3.63, 3.8) is 0 Å². The van der Waals surface area contributed by atoms with Gasteiger partial charge in [0.05, 0.1) is 11.2 Å². The first-order valence-electron chi connectivity index (χ1n) is 7.76. The van der Waals surface area contributed by atoms with Gasteiger partial charge in [-0.1, -0.05) is 50.6 Å². The maximum atomic E-state index is 13.5. The summed E-state index contributed by atoms with van der Waals surface area (Å²) in [5, 5.41) is 3.91. The summed E-state index contributed by atoms with van der Waals surface area (Å²) < 4.78 is 18.9. The average Bonchev–Trinajstić information content (AvgIpc) is 2.55. The topological polar surface area (TPSA) is 50.7 Å². The molecule has 0 aliphatic rings. The van der Waals surface area contributed by atoms with Crippen LogP contribution in [0.4, 0.5) is 4.39 Å². The van der Waals surface area contributed by atoms with Crippen molar-refractivity contribution in [1.82, 2.24) is 5.43 Å². The van der Waals surface area contributed by atoms with Crippen LogP contribution >= 0.6 is 11.6 Å². The molecule has 0 atom stereocenters. The first kappa shape index (κ1) is 18.9. The number of hydrogen-bond donors (Lipinski definition) is 1. The number of ether oxygens (including phenoxy) is 1. The summed E-state index contributed by atoms with van der Waals surface area (Å²) in [6.07, 6.45) is 1.16. The Kier molecular flexibility index (Phi) is 6.15. The lowest BCUT2D eigenvalue weighted by Gasteiger charge is -2.19. The van der Waals surface area contributed by atoms with E-state index in [0.29, 0.717) is 5.75 Å². The van der Waals surface area contributed by atoms with E-state index in [1.54, 1.807) is 0 Å². The van der Waals surface area contributed by atoms with Gasteiger partial charge in [-0.15, -0.1) is 0 Å². The van der Waals surface area contributed by atoms with Gasteiger partial charge in [0, 0.05) is 5.56 Å². The second-order valence-electron chi connectivity index (χ2n) is 6.49. The van der Waals surface area contributed by atoms with Crippen LogP contribution in [0.5, 0.6) is 5.75 Å². The molecular weight excluding hydrogens is 343 g/mol. The lowest BCUT2D eigenvalue weighted by molar-refractivity contribution is -0.123. The molecule has 0 spiro atoms. The summed E-state index contributed by atoms with van der Waals surface area (Å²) in [4.78, 5) is 11.7. The Morgan fingerprint density at radius 2 is 1.92 bits per heavy atom. The van der Waals surface area contributed by atoms with Crippen molar-refractivity contribution >= 4 is 23.7 Å². The fraction of sp³-hybridized carbons (Fsp3) is 0.263. The van der Waals surface area contributed by atoms with E-state index in [1.165, 1.54) is 23.8 Å². The van der Waals surface area contributed by atoms with E-state index in [4.69, 9.17) is 16.3 Å². The van der Waals surface area contributed by atoms with Crippen LogP contribution in [0.2, 0.25) is 5.02 Å². The molecule has 0 saturated carbocycles. The van der Waals surface area contributed by atoms with Crippen molar-refractivity contribution in [2.24, 2.45) is 5.10 Å². The number of carbonyl (C=O) groups is 1. The normalized spacial score (nSPS) is 11.6. The molecule has 0 fully saturated rings. The highest BCUT2D eigenvalue weighted by molar-refractivity contribution is 6.33. The van der Waals surface area contributed by atoms with Crippen LogP contribution in [-0.2, 0) is 10.2 Å². The van der Waals surface area contributed by atoms with Gasteiger partial charge < -0.3 is 4.74 Å². The molecule has 2 aromatic carbocycles. The zero-order valence-corrected chi connectivity index (χ0v) is 15.1. The molecule has 0 unspecified atom stereocenters. The molecule has 0 heterocycles. The van der Waals surface area contributed by atoms with Crippen LogP contribution in [0.3, 0.4) is 0 Å². The molecule has 0 aliphatic carbocycles. The molecule has 1 N–H and O–H groups in total. The minimum Gasteiger partial charge on any atom is -0.484 e. The summed E-state index contributed by atoms with van der Waals surface area (Å²) >= 11 is 5.86. The molecule has 2 rings (SSSR count).